The monoisotopic (exact) mass is 234 g/mol. The summed E-state index contributed by atoms with van der Waals surface area (Å²) >= 11 is 0. The maximum absolute atomic E-state index is 10.9. The number of hydrogen-bond acceptors (Lipinski definition) is 4. The van der Waals surface area contributed by atoms with E-state index in [-0.39, 0.29) is 6.54 Å². The number of amides is 2. The Hall–Kier alpha value is -1.34. The molecule has 0 atom stereocenters. The van der Waals surface area contributed by atoms with E-state index in [1.54, 1.807) is 7.11 Å². The lowest BCUT2D eigenvalue weighted by Gasteiger charge is -2.06. The molecule has 0 radical (unpaired) electrons. The van der Waals surface area contributed by atoms with Gasteiger partial charge in [-0.05, 0) is 6.42 Å². The molecule has 16 heavy (non-hydrogen) atoms. The van der Waals surface area contributed by atoms with Crippen molar-refractivity contribution in [3.05, 3.63) is 0 Å². The molecular formula is C9H18N2O5. The van der Waals surface area contributed by atoms with E-state index < -0.39 is 12.0 Å². The molecule has 0 spiro atoms. The Labute approximate surface area is 94.1 Å². The maximum Gasteiger partial charge on any atom is 0.323 e. The predicted molar refractivity (Wildman–Crippen MR) is 56.3 cm³/mol. The van der Waals surface area contributed by atoms with Crippen molar-refractivity contribution in [3.63, 3.8) is 0 Å². The van der Waals surface area contributed by atoms with Crippen molar-refractivity contribution in [1.29, 1.82) is 0 Å². The molecule has 0 fully saturated rings. The minimum absolute atomic E-state index is 0.346. The molecule has 0 saturated heterocycles. The Morgan fingerprint density at radius 2 is 1.94 bits per heavy atom. The molecule has 0 bridgehead atoms. The van der Waals surface area contributed by atoms with Gasteiger partial charge in [0.2, 0.25) is 0 Å². The zero-order valence-electron chi connectivity index (χ0n) is 9.32. The molecule has 2 amide bonds. The van der Waals surface area contributed by atoms with Gasteiger partial charge >= 0.3 is 12.0 Å². The van der Waals surface area contributed by atoms with Crippen molar-refractivity contribution in [2.24, 2.45) is 0 Å². The van der Waals surface area contributed by atoms with Gasteiger partial charge in [0.1, 0.15) is 6.54 Å². The van der Waals surface area contributed by atoms with Crippen molar-refractivity contribution in [1.82, 2.24) is 10.6 Å². The molecule has 94 valence electrons. The minimum Gasteiger partial charge on any atom is -0.480 e. The first-order valence-electron chi connectivity index (χ1n) is 4.97. The first kappa shape index (κ1) is 14.7. The highest BCUT2D eigenvalue weighted by Crippen LogP contribution is 1.82. The lowest BCUT2D eigenvalue weighted by atomic mass is 10.5. The fourth-order valence-corrected chi connectivity index (χ4v) is 0.863. The van der Waals surface area contributed by atoms with E-state index in [9.17, 15) is 9.59 Å². The normalized spacial score (nSPS) is 9.81. The highest BCUT2D eigenvalue weighted by atomic mass is 16.5. The van der Waals surface area contributed by atoms with Crippen LogP contribution in [0, 0.1) is 0 Å². The lowest BCUT2D eigenvalue weighted by Crippen LogP contribution is -2.39. The molecule has 0 aromatic carbocycles. The molecular weight excluding hydrogens is 216 g/mol. The standard InChI is InChI=1S/C9H18N2O5/c1-15-4-2-5-16-6-3-10-9(14)11-7-8(12)13/h2-7H2,1H3,(H,12,13)(H2,10,11,14). The number of aliphatic carboxylic acids is 1. The number of carboxylic acid groups (broad SMARTS) is 1. The average Bonchev–Trinajstić information content (AvgIpc) is 2.25. The molecule has 0 aromatic heterocycles. The molecule has 0 saturated carbocycles. The quantitative estimate of drug-likeness (QED) is 0.464. The van der Waals surface area contributed by atoms with Crippen LogP contribution >= 0.6 is 0 Å². The zero-order chi connectivity index (χ0) is 12.2. The number of carbonyl (C=O) groups is 2. The molecule has 3 N–H and O–H groups in total. The third-order valence-corrected chi connectivity index (χ3v) is 1.57. The van der Waals surface area contributed by atoms with E-state index in [1.165, 1.54) is 0 Å². The Bertz CT molecular complexity index is 210. The predicted octanol–water partition coefficient (Wildman–Crippen LogP) is -0.577. The number of rotatable bonds is 9. The molecule has 0 heterocycles. The van der Waals surface area contributed by atoms with Crippen molar-refractivity contribution < 1.29 is 24.2 Å². The van der Waals surface area contributed by atoms with Gasteiger partial charge in [-0.2, -0.15) is 0 Å². The average molecular weight is 234 g/mol. The van der Waals surface area contributed by atoms with E-state index in [4.69, 9.17) is 14.6 Å². The summed E-state index contributed by atoms with van der Waals surface area (Å²) in [6, 6.07) is -0.511. The van der Waals surface area contributed by atoms with Gasteiger partial charge in [0.15, 0.2) is 0 Å². The van der Waals surface area contributed by atoms with Crippen LogP contribution in [0.1, 0.15) is 6.42 Å². The summed E-state index contributed by atoms with van der Waals surface area (Å²) in [5.41, 5.74) is 0. The molecule has 0 aliphatic rings. The number of nitrogens with one attached hydrogen (secondary N) is 2. The minimum atomic E-state index is -1.08. The zero-order valence-corrected chi connectivity index (χ0v) is 9.32. The fourth-order valence-electron chi connectivity index (χ4n) is 0.863. The van der Waals surface area contributed by atoms with E-state index >= 15 is 0 Å². The van der Waals surface area contributed by atoms with Gasteiger partial charge in [0, 0.05) is 26.9 Å². The van der Waals surface area contributed by atoms with Gasteiger partial charge in [-0.15, -0.1) is 0 Å². The Morgan fingerprint density at radius 1 is 1.19 bits per heavy atom. The van der Waals surface area contributed by atoms with Gasteiger partial charge < -0.3 is 25.2 Å². The van der Waals surface area contributed by atoms with Crippen molar-refractivity contribution in [2.45, 2.75) is 6.42 Å². The number of urea groups is 1. The van der Waals surface area contributed by atoms with Crippen LogP contribution < -0.4 is 10.6 Å². The number of carboxylic acids is 1. The summed E-state index contributed by atoms with van der Waals surface area (Å²) in [6.07, 6.45) is 0.807. The highest BCUT2D eigenvalue weighted by Gasteiger charge is 2.01. The van der Waals surface area contributed by atoms with Crippen LogP contribution in [0.25, 0.3) is 0 Å². The van der Waals surface area contributed by atoms with Gasteiger partial charge in [-0.25, -0.2) is 4.79 Å². The van der Waals surface area contributed by atoms with Gasteiger partial charge in [-0.1, -0.05) is 0 Å². The van der Waals surface area contributed by atoms with E-state index in [0.29, 0.717) is 26.4 Å². The number of hydrogen-bond donors (Lipinski definition) is 3. The summed E-state index contributed by atoms with van der Waals surface area (Å²) in [5.74, 6) is -1.08. The molecule has 0 unspecified atom stereocenters. The summed E-state index contributed by atoms with van der Waals surface area (Å²) in [5, 5.41) is 12.9. The molecule has 7 nitrogen and oxygen atoms in total. The maximum atomic E-state index is 10.9. The molecule has 0 aliphatic heterocycles. The highest BCUT2D eigenvalue weighted by molar-refractivity contribution is 5.79. The van der Waals surface area contributed by atoms with Crippen molar-refractivity contribution in [2.75, 3.05) is 40.0 Å². The summed E-state index contributed by atoms with van der Waals surface area (Å²) in [4.78, 5) is 21.0. The van der Waals surface area contributed by atoms with Crippen molar-refractivity contribution >= 4 is 12.0 Å². The van der Waals surface area contributed by atoms with Crippen molar-refractivity contribution in [3.8, 4) is 0 Å². The first-order chi connectivity index (χ1) is 7.66. The topological polar surface area (TPSA) is 96.9 Å². The van der Waals surface area contributed by atoms with Crippen LogP contribution in [0.15, 0.2) is 0 Å². The van der Waals surface area contributed by atoms with Gasteiger partial charge in [-0.3, -0.25) is 4.79 Å². The van der Waals surface area contributed by atoms with Crippen LogP contribution in [0.5, 0.6) is 0 Å². The van der Waals surface area contributed by atoms with Crippen LogP contribution in [0.4, 0.5) is 4.79 Å². The molecule has 0 aliphatic carbocycles. The third kappa shape index (κ3) is 10.7. The number of carbonyl (C=O) groups excluding carboxylic acids is 1. The van der Waals surface area contributed by atoms with Crippen LogP contribution in [-0.2, 0) is 14.3 Å². The summed E-state index contributed by atoms with van der Waals surface area (Å²) in [7, 11) is 1.62. The largest absolute Gasteiger partial charge is 0.480 e. The second kappa shape index (κ2) is 10.2. The second-order valence-electron chi connectivity index (χ2n) is 2.96. The van der Waals surface area contributed by atoms with Crippen LogP contribution in [0.3, 0.4) is 0 Å². The smallest absolute Gasteiger partial charge is 0.323 e. The Kier molecular flexibility index (Phi) is 9.33. The molecule has 7 heteroatoms. The Morgan fingerprint density at radius 3 is 2.56 bits per heavy atom. The lowest BCUT2D eigenvalue weighted by molar-refractivity contribution is -0.135. The molecule has 0 rings (SSSR count). The number of methoxy groups -OCH3 is 1. The molecule has 0 aromatic rings. The summed E-state index contributed by atoms with van der Waals surface area (Å²) in [6.45, 7) is 1.57. The van der Waals surface area contributed by atoms with Gasteiger partial charge in [0.05, 0.1) is 6.61 Å². The van der Waals surface area contributed by atoms with E-state index in [0.717, 1.165) is 6.42 Å². The fraction of sp³-hybridized carbons (Fsp3) is 0.778. The van der Waals surface area contributed by atoms with Crippen LogP contribution in [0.2, 0.25) is 0 Å². The van der Waals surface area contributed by atoms with E-state index in [1.807, 2.05) is 0 Å². The van der Waals surface area contributed by atoms with E-state index in [2.05, 4.69) is 10.6 Å². The first-order valence-corrected chi connectivity index (χ1v) is 4.97. The number of ether oxygens (including phenoxy) is 2. The SMILES string of the molecule is COCCCOCCNC(=O)NCC(=O)O. The summed E-state index contributed by atoms with van der Waals surface area (Å²) < 4.78 is 10.00. The Balaban J connectivity index is 3.18. The van der Waals surface area contributed by atoms with Gasteiger partial charge in [0.25, 0.3) is 0 Å². The third-order valence-electron chi connectivity index (χ3n) is 1.57. The second-order valence-corrected chi connectivity index (χ2v) is 2.96. The van der Waals surface area contributed by atoms with Crippen LogP contribution in [-0.4, -0.2) is 57.1 Å².